The predicted molar refractivity (Wildman–Crippen MR) is 121 cm³/mol. The van der Waals surface area contributed by atoms with Crippen LogP contribution in [0.15, 0.2) is 42.5 Å². The van der Waals surface area contributed by atoms with Crippen LogP contribution in [0, 0.1) is 0 Å². The molecule has 1 aromatic heterocycles. The first-order valence-electron chi connectivity index (χ1n) is 10.6. The third-order valence-electron chi connectivity index (χ3n) is 5.45. The van der Waals surface area contributed by atoms with Crippen molar-refractivity contribution in [3.8, 4) is 5.75 Å². The molecule has 7 nitrogen and oxygen atoms in total. The minimum absolute atomic E-state index is 0.154. The van der Waals surface area contributed by atoms with Crippen molar-refractivity contribution in [3.05, 3.63) is 64.3 Å². The van der Waals surface area contributed by atoms with Crippen molar-refractivity contribution >= 4 is 34.6 Å². The molecule has 4 rings (SSSR count). The summed E-state index contributed by atoms with van der Waals surface area (Å²) in [6.45, 7) is 4.53. The van der Waals surface area contributed by atoms with E-state index in [1.807, 2.05) is 30.3 Å². The van der Waals surface area contributed by atoms with Crippen LogP contribution in [0.4, 0.5) is 4.79 Å². The number of nitrogens with one attached hydrogen (secondary N) is 1. The summed E-state index contributed by atoms with van der Waals surface area (Å²) in [5.74, 6) is 0.127. The molecule has 0 fully saturated rings. The van der Waals surface area contributed by atoms with Gasteiger partial charge in [0.1, 0.15) is 11.8 Å². The van der Waals surface area contributed by atoms with Gasteiger partial charge in [0.2, 0.25) is 0 Å². The number of H-pyrrole nitrogens is 1. The molecular formula is C24H25ClN2O5. The number of ether oxygens (including phenoxy) is 3. The second-order valence-corrected chi connectivity index (χ2v) is 7.85. The zero-order valence-corrected chi connectivity index (χ0v) is 18.8. The Morgan fingerprint density at radius 3 is 2.56 bits per heavy atom. The van der Waals surface area contributed by atoms with Crippen LogP contribution in [0.25, 0.3) is 10.9 Å². The van der Waals surface area contributed by atoms with Crippen LogP contribution in [-0.4, -0.2) is 48.3 Å². The van der Waals surface area contributed by atoms with Crippen LogP contribution in [0.1, 0.15) is 36.7 Å². The summed E-state index contributed by atoms with van der Waals surface area (Å²) in [5, 5.41) is 1.74. The highest BCUT2D eigenvalue weighted by Gasteiger charge is 2.35. The normalized spacial score (nSPS) is 15.3. The molecule has 8 heteroatoms. The maximum atomic E-state index is 12.8. The van der Waals surface area contributed by atoms with E-state index >= 15 is 0 Å². The zero-order chi connectivity index (χ0) is 22.7. The summed E-state index contributed by atoms with van der Waals surface area (Å²) >= 11 is 6.24. The van der Waals surface area contributed by atoms with Gasteiger partial charge in [-0.3, -0.25) is 4.90 Å². The van der Waals surface area contributed by atoms with Crippen LogP contribution >= 0.6 is 11.6 Å². The van der Waals surface area contributed by atoms with Crippen molar-refractivity contribution in [1.82, 2.24) is 9.88 Å². The van der Waals surface area contributed by atoms with Crippen molar-refractivity contribution in [2.24, 2.45) is 0 Å². The van der Waals surface area contributed by atoms with Crippen molar-refractivity contribution in [1.29, 1.82) is 0 Å². The van der Waals surface area contributed by atoms with Crippen molar-refractivity contribution in [2.75, 3.05) is 26.4 Å². The van der Waals surface area contributed by atoms with Gasteiger partial charge in [-0.05, 0) is 61.7 Å². The Morgan fingerprint density at radius 1 is 1.09 bits per heavy atom. The standard InChI is InChI=1S/C24H25ClN2O5/c1-3-30-21(28)14-32-17-8-5-15(6-9-17)23-22-18(11-12-27(23)24(29)31-4-2)19-13-16(25)7-10-20(19)26-22/h5-10,13,23,26H,3-4,11-12,14H2,1-2H3. The second-order valence-electron chi connectivity index (χ2n) is 7.41. The van der Waals surface area contributed by atoms with Gasteiger partial charge in [0, 0.05) is 28.2 Å². The van der Waals surface area contributed by atoms with Crippen LogP contribution in [0.3, 0.4) is 0 Å². The third-order valence-corrected chi connectivity index (χ3v) is 5.68. The minimum atomic E-state index is -0.418. The zero-order valence-electron chi connectivity index (χ0n) is 18.0. The molecule has 0 spiro atoms. The first kappa shape index (κ1) is 22.0. The predicted octanol–water partition coefficient (Wildman–Crippen LogP) is 4.87. The molecule has 1 unspecified atom stereocenters. The van der Waals surface area contributed by atoms with Gasteiger partial charge in [0.15, 0.2) is 6.61 Å². The molecule has 0 aliphatic carbocycles. The molecule has 2 heterocycles. The summed E-state index contributed by atoms with van der Waals surface area (Å²) in [5.41, 5.74) is 3.97. The maximum Gasteiger partial charge on any atom is 0.410 e. The summed E-state index contributed by atoms with van der Waals surface area (Å²) in [6.07, 6.45) is 0.341. The fourth-order valence-electron chi connectivity index (χ4n) is 4.10. The van der Waals surface area contributed by atoms with Crippen LogP contribution in [0.2, 0.25) is 5.02 Å². The van der Waals surface area contributed by atoms with E-state index in [-0.39, 0.29) is 18.7 Å². The fraction of sp³-hybridized carbons (Fsp3) is 0.333. The fourth-order valence-corrected chi connectivity index (χ4v) is 4.27. The largest absolute Gasteiger partial charge is 0.482 e. The maximum absolute atomic E-state index is 12.8. The molecular weight excluding hydrogens is 432 g/mol. The lowest BCUT2D eigenvalue weighted by molar-refractivity contribution is -0.145. The van der Waals surface area contributed by atoms with E-state index < -0.39 is 5.97 Å². The Hall–Kier alpha value is -3.19. The molecule has 1 amide bonds. The number of fused-ring (bicyclic) bond motifs is 3. The number of aromatic nitrogens is 1. The quantitative estimate of drug-likeness (QED) is 0.535. The SMILES string of the molecule is CCOC(=O)COc1ccc(C2c3[nH]c4ccc(Cl)cc4c3CCN2C(=O)OCC)cc1. The monoisotopic (exact) mass is 456 g/mol. The highest BCUT2D eigenvalue weighted by molar-refractivity contribution is 6.31. The van der Waals surface area contributed by atoms with Crippen molar-refractivity contribution < 1.29 is 23.8 Å². The number of carbonyl (C=O) groups excluding carboxylic acids is 2. The molecule has 2 aromatic carbocycles. The molecule has 32 heavy (non-hydrogen) atoms. The molecule has 1 atom stereocenters. The molecule has 1 aliphatic rings. The van der Waals surface area contributed by atoms with Gasteiger partial charge < -0.3 is 19.2 Å². The summed E-state index contributed by atoms with van der Waals surface area (Å²) in [7, 11) is 0. The van der Waals surface area contributed by atoms with Crippen molar-refractivity contribution in [2.45, 2.75) is 26.3 Å². The minimum Gasteiger partial charge on any atom is -0.482 e. The molecule has 0 radical (unpaired) electrons. The molecule has 1 N–H and O–H groups in total. The third kappa shape index (κ3) is 4.39. The lowest BCUT2D eigenvalue weighted by Gasteiger charge is -2.35. The first-order chi connectivity index (χ1) is 15.5. The molecule has 0 saturated heterocycles. The van der Waals surface area contributed by atoms with Crippen LogP contribution in [0.5, 0.6) is 5.75 Å². The van der Waals surface area contributed by atoms with Gasteiger partial charge in [0.25, 0.3) is 0 Å². The molecule has 3 aromatic rings. The van der Waals surface area contributed by atoms with Gasteiger partial charge in [-0.25, -0.2) is 9.59 Å². The van der Waals surface area contributed by atoms with Crippen molar-refractivity contribution in [3.63, 3.8) is 0 Å². The van der Waals surface area contributed by atoms with E-state index in [0.29, 0.717) is 37.0 Å². The number of esters is 1. The van der Waals surface area contributed by atoms with E-state index in [1.54, 1.807) is 30.9 Å². The van der Waals surface area contributed by atoms with E-state index in [9.17, 15) is 9.59 Å². The number of aromatic amines is 1. The van der Waals surface area contributed by atoms with E-state index in [0.717, 1.165) is 27.7 Å². The highest BCUT2D eigenvalue weighted by Crippen LogP contribution is 2.39. The lowest BCUT2D eigenvalue weighted by Crippen LogP contribution is -2.40. The lowest BCUT2D eigenvalue weighted by atomic mass is 9.92. The van der Waals surface area contributed by atoms with E-state index in [2.05, 4.69) is 4.98 Å². The topological polar surface area (TPSA) is 80.9 Å². The second kappa shape index (κ2) is 9.53. The number of halogens is 1. The number of carbonyl (C=O) groups is 2. The summed E-state index contributed by atoms with van der Waals surface area (Å²) < 4.78 is 15.7. The highest BCUT2D eigenvalue weighted by atomic mass is 35.5. The number of hydrogen-bond acceptors (Lipinski definition) is 5. The summed E-state index contributed by atoms with van der Waals surface area (Å²) in [6, 6.07) is 12.8. The Morgan fingerprint density at radius 2 is 1.84 bits per heavy atom. The van der Waals surface area contributed by atoms with Gasteiger partial charge >= 0.3 is 12.1 Å². The molecule has 0 saturated carbocycles. The van der Waals surface area contributed by atoms with Crippen LogP contribution < -0.4 is 4.74 Å². The molecule has 1 aliphatic heterocycles. The average molecular weight is 457 g/mol. The molecule has 168 valence electrons. The van der Waals surface area contributed by atoms with E-state index in [4.69, 9.17) is 25.8 Å². The van der Waals surface area contributed by atoms with Gasteiger partial charge in [-0.2, -0.15) is 0 Å². The summed E-state index contributed by atoms with van der Waals surface area (Å²) in [4.78, 5) is 29.5. The van der Waals surface area contributed by atoms with Crippen LogP contribution in [-0.2, 0) is 20.7 Å². The Balaban J connectivity index is 1.68. The van der Waals surface area contributed by atoms with Gasteiger partial charge in [-0.1, -0.05) is 23.7 Å². The number of amides is 1. The Labute approximate surface area is 191 Å². The van der Waals surface area contributed by atoms with E-state index in [1.165, 1.54) is 0 Å². The number of rotatable bonds is 6. The Kier molecular flexibility index (Phi) is 6.55. The number of nitrogens with zero attached hydrogens (tertiary/aromatic N) is 1. The average Bonchev–Trinajstić information content (AvgIpc) is 3.15. The van der Waals surface area contributed by atoms with Gasteiger partial charge in [-0.15, -0.1) is 0 Å². The smallest absolute Gasteiger partial charge is 0.410 e. The first-order valence-corrected chi connectivity index (χ1v) is 11.0. The number of hydrogen-bond donors (Lipinski definition) is 1. The van der Waals surface area contributed by atoms with Gasteiger partial charge in [0.05, 0.1) is 13.2 Å². The number of benzene rings is 2. The Bertz CT molecular complexity index is 1130. The molecule has 0 bridgehead atoms.